The Morgan fingerprint density at radius 2 is 2.10 bits per heavy atom. The van der Waals surface area contributed by atoms with E-state index in [1.165, 1.54) is 0 Å². The fourth-order valence-corrected chi connectivity index (χ4v) is 1.25. The molecule has 0 heterocycles. The highest BCUT2D eigenvalue weighted by Gasteiger charge is 2.29. The fraction of sp³-hybridized carbons (Fsp3) is 1.00. The van der Waals surface area contributed by atoms with Crippen molar-refractivity contribution in [3.05, 3.63) is 0 Å². The molecule has 0 aliphatic carbocycles. The van der Waals surface area contributed by atoms with Crippen molar-refractivity contribution in [2.45, 2.75) is 12.6 Å². The predicted octanol–water partition coefficient (Wildman–Crippen LogP) is 0.828. The average Bonchev–Trinajstić information content (AvgIpc) is 1.84. The van der Waals surface area contributed by atoms with Gasteiger partial charge in [-0.2, -0.15) is 8.78 Å². The van der Waals surface area contributed by atoms with Crippen LogP contribution in [0.15, 0.2) is 0 Å². The monoisotopic (exact) mass is 173 g/mol. The lowest BCUT2D eigenvalue weighted by molar-refractivity contribution is 0.213. The first kappa shape index (κ1) is 10.0. The number of hydrogen-bond acceptors (Lipinski definition) is 2. The van der Waals surface area contributed by atoms with Crippen molar-refractivity contribution in [3.8, 4) is 0 Å². The second-order valence-electron chi connectivity index (χ2n) is 1.90. The van der Waals surface area contributed by atoms with Gasteiger partial charge in [0.2, 0.25) is 0 Å². The van der Waals surface area contributed by atoms with Crippen LogP contribution >= 0.6 is 7.37 Å². The number of alkyl halides is 2. The molecule has 0 aromatic carbocycles. The van der Waals surface area contributed by atoms with Gasteiger partial charge in [-0.1, -0.05) is 0 Å². The van der Waals surface area contributed by atoms with Crippen molar-refractivity contribution in [3.63, 3.8) is 0 Å². The summed E-state index contributed by atoms with van der Waals surface area (Å²) in [7, 11) is -4.19. The fourth-order valence-electron chi connectivity index (χ4n) is 0.415. The van der Waals surface area contributed by atoms with E-state index in [-0.39, 0.29) is 19.1 Å². The normalized spacial score (nSPS) is 17.3. The summed E-state index contributed by atoms with van der Waals surface area (Å²) >= 11 is 0. The molecule has 0 saturated heterocycles. The highest BCUT2D eigenvalue weighted by Crippen LogP contribution is 2.47. The summed E-state index contributed by atoms with van der Waals surface area (Å²) in [5.74, 6) is 0. The molecule has 0 bridgehead atoms. The molecule has 0 aromatic rings. The van der Waals surface area contributed by atoms with E-state index in [9.17, 15) is 13.3 Å². The second-order valence-corrected chi connectivity index (χ2v) is 4.25. The lowest BCUT2D eigenvalue weighted by atomic mass is 10.5. The molecular formula is C4H10F2NO2P. The molecule has 0 spiro atoms. The van der Waals surface area contributed by atoms with Crippen molar-refractivity contribution in [2.24, 2.45) is 5.73 Å². The van der Waals surface area contributed by atoms with Gasteiger partial charge in [0.05, 0.1) is 0 Å². The van der Waals surface area contributed by atoms with E-state index in [2.05, 4.69) is 0 Å². The zero-order valence-electron chi connectivity index (χ0n) is 5.33. The van der Waals surface area contributed by atoms with Crippen LogP contribution in [0.3, 0.4) is 0 Å². The minimum atomic E-state index is -4.19. The molecule has 3 N–H and O–H groups in total. The van der Waals surface area contributed by atoms with Gasteiger partial charge >= 0.3 is 6.17 Å². The van der Waals surface area contributed by atoms with Crippen LogP contribution in [-0.4, -0.2) is 23.8 Å². The van der Waals surface area contributed by atoms with E-state index in [0.29, 0.717) is 0 Å². The Bertz CT molecular complexity index is 141. The predicted molar refractivity (Wildman–Crippen MR) is 34.4 cm³/mol. The number of hydrogen-bond donors (Lipinski definition) is 2. The highest BCUT2D eigenvalue weighted by molar-refractivity contribution is 7.58. The lowest BCUT2D eigenvalue weighted by Crippen LogP contribution is -2.05. The summed E-state index contributed by atoms with van der Waals surface area (Å²) in [5, 5.41) is 0. The van der Waals surface area contributed by atoms with Gasteiger partial charge in [0, 0.05) is 6.16 Å². The minimum Gasteiger partial charge on any atom is -0.340 e. The number of rotatable bonds is 4. The number of halogens is 2. The van der Waals surface area contributed by atoms with Gasteiger partial charge in [-0.3, -0.25) is 4.57 Å². The van der Waals surface area contributed by atoms with Crippen LogP contribution in [0.5, 0.6) is 0 Å². The van der Waals surface area contributed by atoms with Crippen LogP contribution in [0.1, 0.15) is 6.42 Å². The molecule has 10 heavy (non-hydrogen) atoms. The van der Waals surface area contributed by atoms with Crippen LogP contribution in [-0.2, 0) is 4.57 Å². The third-order valence-electron chi connectivity index (χ3n) is 0.988. The first-order chi connectivity index (χ1) is 4.50. The molecule has 0 aromatic heterocycles. The zero-order valence-corrected chi connectivity index (χ0v) is 6.23. The van der Waals surface area contributed by atoms with Crippen LogP contribution in [0.2, 0.25) is 0 Å². The first-order valence-corrected chi connectivity index (χ1v) is 4.72. The van der Waals surface area contributed by atoms with Gasteiger partial charge in [-0.15, -0.1) is 0 Å². The molecule has 3 nitrogen and oxygen atoms in total. The van der Waals surface area contributed by atoms with E-state index < -0.39 is 13.5 Å². The Labute approximate surface area is 57.7 Å². The summed E-state index contributed by atoms with van der Waals surface area (Å²) in [5.41, 5.74) is 4.96. The Hall–Kier alpha value is 0.01000. The standard InChI is InChI=1S/C4H10F2NO2P/c5-4(6)10(8,9)3-1-2-7/h4H,1-3,7H2,(H,8,9). The van der Waals surface area contributed by atoms with Crippen LogP contribution in [0.25, 0.3) is 0 Å². The lowest BCUT2D eigenvalue weighted by Gasteiger charge is -2.07. The van der Waals surface area contributed by atoms with Crippen LogP contribution < -0.4 is 5.73 Å². The first-order valence-electron chi connectivity index (χ1n) is 2.80. The largest absolute Gasteiger partial charge is 0.340 e. The highest BCUT2D eigenvalue weighted by atomic mass is 31.2. The molecule has 0 saturated carbocycles. The van der Waals surface area contributed by atoms with Gasteiger partial charge in [-0.25, -0.2) is 0 Å². The maximum Gasteiger partial charge on any atom is 0.312 e. The topological polar surface area (TPSA) is 63.3 Å². The molecule has 0 radical (unpaired) electrons. The zero-order chi connectivity index (χ0) is 8.20. The number of nitrogens with two attached hydrogens (primary N) is 1. The summed E-state index contributed by atoms with van der Waals surface area (Å²) in [6.07, 6.45) is -3.35. The van der Waals surface area contributed by atoms with Gasteiger partial charge in [-0.05, 0) is 13.0 Å². The van der Waals surface area contributed by atoms with Gasteiger partial charge < -0.3 is 10.6 Å². The minimum absolute atomic E-state index is 0.164. The van der Waals surface area contributed by atoms with Crippen molar-refractivity contribution in [1.29, 1.82) is 0 Å². The average molecular weight is 173 g/mol. The third kappa shape index (κ3) is 3.25. The summed E-state index contributed by atoms with van der Waals surface area (Å²) < 4.78 is 33.6. The van der Waals surface area contributed by atoms with E-state index >= 15 is 0 Å². The molecule has 0 aliphatic heterocycles. The molecule has 0 amide bonds. The third-order valence-corrected chi connectivity index (χ3v) is 2.55. The van der Waals surface area contributed by atoms with Crippen LogP contribution in [0.4, 0.5) is 8.78 Å². The van der Waals surface area contributed by atoms with E-state index in [1.807, 2.05) is 0 Å². The molecular weight excluding hydrogens is 163 g/mol. The summed E-state index contributed by atoms with van der Waals surface area (Å²) in [6, 6.07) is 0. The second kappa shape index (κ2) is 4.01. The van der Waals surface area contributed by atoms with Crippen molar-refractivity contribution >= 4 is 7.37 Å². The molecule has 62 valence electrons. The molecule has 1 atom stereocenters. The Kier molecular flexibility index (Phi) is 4.01. The molecule has 1 unspecified atom stereocenters. The quantitative estimate of drug-likeness (QED) is 0.619. The van der Waals surface area contributed by atoms with Gasteiger partial charge in [0.25, 0.3) is 7.37 Å². The molecule has 0 fully saturated rings. The van der Waals surface area contributed by atoms with Crippen LogP contribution in [0, 0.1) is 0 Å². The van der Waals surface area contributed by atoms with Gasteiger partial charge in [0.15, 0.2) is 0 Å². The maximum atomic E-state index is 11.6. The SMILES string of the molecule is NCCCP(=O)(O)C(F)F. The molecule has 0 rings (SSSR count). The summed E-state index contributed by atoms with van der Waals surface area (Å²) in [6.45, 7) is 0.164. The van der Waals surface area contributed by atoms with Crippen molar-refractivity contribution in [1.82, 2.24) is 0 Å². The van der Waals surface area contributed by atoms with Crippen molar-refractivity contribution in [2.75, 3.05) is 12.7 Å². The molecule has 6 heteroatoms. The smallest absolute Gasteiger partial charge is 0.312 e. The Morgan fingerprint density at radius 3 is 2.40 bits per heavy atom. The Balaban J connectivity index is 3.76. The maximum absolute atomic E-state index is 11.6. The van der Waals surface area contributed by atoms with E-state index in [0.717, 1.165) is 0 Å². The summed E-state index contributed by atoms with van der Waals surface area (Å²) in [4.78, 5) is 8.47. The Morgan fingerprint density at radius 1 is 1.60 bits per heavy atom. The van der Waals surface area contributed by atoms with E-state index in [4.69, 9.17) is 10.6 Å². The van der Waals surface area contributed by atoms with Gasteiger partial charge in [0.1, 0.15) is 0 Å². The van der Waals surface area contributed by atoms with E-state index in [1.54, 1.807) is 0 Å². The molecule has 0 aliphatic rings. The van der Waals surface area contributed by atoms with Crippen molar-refractivity contribution < 1.29 is 18.2 Å².